The molecule has 360 valence electrons. The van der Waals surface area contributed by atoms with E-state index in [1.54, 1.807) is 29.7 Å². The number of aliphatic hydroxyl groups is 1. The van der Waals surface area contributed by atoms with Crippen molar-refractivity contribution in [3.05, 3.63) is 85.7 Å². The van der Waals surface area contributed by atoms with Gasteiger partial charge in [-0.1, -0.05) is 17.8 Å². The van der Waals surface area contributed by atoms with Crippen molar-refractivity contribution >= 4 is 81.6 Å². The minimum atomic E-state index is -1.31. The molecular formula is C41H52ClN13O10S2. The predicted octanol–water partition coefficient (Wildman–Crippen LogP) is -1.64. The number of benzene rings is 1. The van der Waals surface area contributed by atoms with E-state index in [9.17, 15) is 28.8 Å². The first-order chi connectivity index (χ1) is 31.5. The fourth-order valence-corrected chi connectivity index (χ4v) is 9.32. The second-order valence-corrected chi connectivity index (χ2v) is 17.3. The van der Waals surface area contributed by atoms with Crippen LogP contribution in [0.4, 0.5) is 22.2 Å². The summed E-state index contributed by atoms with van der Waals surface area (Å²) in [5.41, 5.74) is 16.5. The number of rotatable bonds is 18. The Morgan fingerprint density at radius 1 is 0.955 bits per heavy atom. The number of hydrogen-bond donors (Lipinski definition) is 11. The van der Waals surface area contributed by atoms with Crippen molar-refractivity contribution in [3.63, 3.8) is 0 Å². The van der Waals surface area contributed by atoms with Crippen LogP contribution in [0.5, 0.6) is 0 Å². The number of nitrogens with zero attached hydrogens (tertiary/aromatic N) is 6. The van der Waals surface area contributed by atoms with Crippen molar-refractivity contribution in [1.82, 2.24) is 45.9 Å². The fraction of sp³-hybridized carbons (Fsp3) is 0.415. The van der Waals surface area contributed by atoms with Crippen molar-refractivity contribution in [2.24, 2.45) is 0 Å². The minimum Gasteiger partial charge on any atom is -1.00 e. The van der Waals surface area contributed by atoms with Crippen LogP contribution >= 0.6 is 23.1 Å². The van der Waals surface area contributed by atoms with Crippen LogP contribution in [0.15, 0.2) is 47.0 Å². The Bertz CT molecular complexity index is 2580. The average molecular weight is 987 g/mol. The number of carbonyl (C=O) groups is 5. The van der Waals surface area contributed by atoms with Gasteiger partial charge in [-0.2, -0.15) is 21.3 Å². The molecule has 2 aliphatic heterocycles. The van der Waals surface area contributed by atoms with Crippen LogP contribution in [0.3, 0.4) is 0 Å². The van der Waals surface area contributed by atoms with E-state index in [-0.39, 0.29) is 85.6 Å². The number of carboxylic acids is 3. The Kier molecular flexibility index (Phi) is 20.0. The molecule has 0 aliphatic carbocycles. The van der Waals surface area contributed by atoms with E-state index in [4.69, 9.17) is 31.9 Å². The maximum Gasteiger partial charge on any atom is 0.326 e. The molecule has 0 saturated carbocycles. The Balaban J connectivity index is 0.000000237. The van der Waals surface area contributed by atoms with Gasteiger partial charge in [0.25, 0.3) is 5.91 Å². The molecule has 4 aromatic heterocycles. The third-order valence-corrected chi connectivity index (χ3v) is 12.9. The van der Waals surface area contributed by atoms with E-state index in [2.05, 4.69) is 55.7 Å². The highest BCUT2D eigenvalue weighted by Crippen LogP contribution is 2.33. The summed E-state index contributed by atoms with van der Waals surface area (Å²) in [6.45, 7) is 4.95. The molecule has 13 N–H and O–H groups in total. The number of carbonyl (C=O) groups excluding carboxylic acids is 2. The monoisotopic (exact) mass is 985 g/mol. The van der Waals surface area contributed by atoms with Gasteiger partial charge in [-0.05, 0) is 50.5 Å². The lowest BCUT2D eigenvalue weighted by atomic mass is 10.0. The van der Waals surface area contributed by atoms with E-state index in [0.29, 0.717) is 41.2 Å². The lowest BCUT2D eigenvalue weighted by Crippen LogP contribution is -3.00. The lowest BCUT2D eigenvalue weighted by molar-refractivity contribution is -0.689. The highest BCUT2D eigenvalue weighted by atomic mass is 35.5. The quantitative estimate of drug-likeness (QED) is 0.0266. The number of nitrogens with one attached hydrogen (secondary N) is 5. The van der Waals surface area contributed by atoms with Gasteiger partial charge in [0, 0.05) is 61.2 Å². The molecular weight excluding hydrogens is 934 g/mol. The summed E-state index contributed by atoms with van der Waals surface area (Å²) in [7, 11) is 0. The van der Waals surface area contributed by atoms with Crippen LogP contribution in [-0.2, 0) is 33.9 Å². The largest absolute Gasteiger partial charge is 1.00 e. The van der Waals surface area contributed by atoms with Crippen molar-refractivity contribution in [2.45, 2.75) is 95.3 Å². The van der Waals surface area contributed by atoms with E-state index in [0.717, 1.165) is 36.3 Å². The van der Waals surface area contributed by atoms with Gasteiger partial charge in [-0.15, -0.1) is 0 Å². The van der Waals surface area contributed by atoms with Gasteiger partial charge in [-0.25, -0.2) is 29.5 Å². The number of amides is 3. The average Bonchev–Trinajstić information content (AvgIpc) is 3.94. The molecule has 5 aromatic rings. The van der Waals surface area contributed by atoms with Gasteiger partial charge in [-0.3, -0.25) is 19.2 Å². The number of anilines is 3. The van der Waals surface area contributed by atoms with Gasteiger partial charge in [0.05, 0.1) is 41.0 Å². The standard InChI is InChI=1S/C19H19N7O6.C12H17N4OS.C10H16N2O3S.ClH/c20-19-25-15-14(17(30)26-19)23-11(8-22-15)7-21-10-3-1-9(2-4-10)16(29)24-12(18(31)32)5-6-13(27)28;1-8-11(3-4-17)18-7-16(8)6-10-5-14-9(2)15-12(10)13;13-8(14)4-2-1-3-7-9-6(5-16-7)11-10(15)12-9;/h1-4,8,12,21H,5-7H2,(H,24,29)(H,27,28)(H,31,32)(H3,20,22,25,26,30);5,7,17H,3-4,6H2,1-2H3,(H2,13,14,15);6-7,9H,1-5H2,(H,13,14)(H2,11,12,15);1H/q;+1;;/p-1/t12-;;6-,7-,9-;/m0.0./s1. The predicted molar refractivity (Wildman–Crippen MR) is 244 cm³/mol. The second-order valence-electron chi connectivity index (χ2n) is 15.1. The number of fused-ring (bicyclic) bond motifs is 2. The number of aromatic amines is 1. The third-order valence-electron chi connectivity index (χ3n) is 10.3. The van der Waals surface area contributed by atoms with E-state index in [1.807, 2.05) is 31.1 Å². The number of unbranched alkanes of at least 4 members (excludes halogenated alkanes) is 1. The highest BCUT2D eigenvalue weighted by Gasteiger charge is 2.42. The van der Waals surface area contributed by atoms with Crippen LogP contribution in [0.25, 0.3) is 11.2 Å². The number of aryl methyl sites for hydroxylation is 1. The second kappa shape index (κ2) is 25.3. The van der Waals surface area contributed by atoms with Crippen LogP contribution in [0, 0.1) is 13.8 Å². The number of hydrogen-bond acceptors (Lipinski definition) is 17. The Labute approximate surface area is 397 Å². The number of urea groups is 1. The maximum atomic E-state index is 12.3. The Morgan fingerprint density at radius 3 is 2.36 bits per heavy atom. The Morgan fingerprint density at radius 2 is 1.69 bits per heavy atom. The first-order valence-corrected chi connectivity index (χ1v) is 22.6. The van der Waals surface area contributed by atoms with Gasteiger partial charge in [0.15, 0.2) is 23.4 Å². The number of nitrogens with two attached hydrogens (primary N) is 2. The van der Waals surface area contributed by atoms with Gasteiger partial charge in [0.2, 0.25) is 11.5 Å². The molecule has 0 radical (unpaired) electrons. The molecule has 23 nitrogen and oxygen atoms in total. The summed E-state index contributed by atoms with van der Waals surface area (Å²) in [4.78, 5) is 91.5. The molecule has 26 heteroatoms. The van der Waals surface area contributed by atoms with Gasteiger partial charge < -0.3 is 70.6 Å². The molecule has 0 spiro atoms. The summed E-state index contributed by atoms with van der Waals surface area (Å²) >= 11 is 3.52. The number of thioether (sulfide) groups is 1. The van der Waals surface area contributed by atoms with E-state index < -0.39 is 35.4 Å². The van der Waals surface area contributed by atoms with Crippen molar-refractivity contribution in [2.75, 3.05) is 29.1 Å². The number of aromatic nitrogens is 7. The third kappa shape index (κ3) is 15.7. The molecule has 2 saturated heterocycles. The normalized spacial score (nSPS) is 16.1. The molecule has 0 bridgehead atoms. The van der Waals surface area contributed by atoms with E-state index >= 15 is 0 Å². The topological polar surface area (TPSA) is 368 Å². The van der Waals surface area contributed by atoms with Crippen LogP contribution in [0.2, 0.25) is 0 Å². The summed E-state index contributed by atoms with van der Waals surface area (Å²) in [5.74, 6) is -1.70. The number of aliphatic hydroxyl groups excluding tert-OH is 1. The molecule has 7 rings (SSSR count). The zero-order valence-corrected chi connectivity index (χ0v) is 38.8. The number of aliphatic carboxylic acids is 3. The minimum absolute atomic E-state index is 0. The molecule has 2 aliphatic rings. The molecule has 0 unspecified atom stereocenters. The Hall–Kier alpha value is -6.70. The number of nitrogen functional groups attached to an aromatic ring is 2. The number of halogens is 1. The molecule has 1 aromatic carbocycles. The number of thiazole rings is 1. The summed E-state index contributed by atoms with van der Waals surface area (Å²) in [5, 5.41) is 47.0. The van der Waals surface area contributed by atoms with Gasteiger partial charge in [0.1, 0.15) is 17.7 Å². The highest BCUT2D eigenvalue weighted by molar-refractivity contribution is 8.00. The first kappa shape index (κ1) is 52.9. The molecule has 3 amide bonds. The summed E-state index contributed by atoms with van der Waals surface area (Å²) in [6.07, 6.45) is 6.21. The number of H-pyrrole nitrogens is 1. The zero-order chi connectivity index (χ0) is 47.9. The fourth-order valence-electron chi connectivity index (χ4n) is 6.79. The van der Waals surface area contributed by atoms with Crippen LogP contribution in [0.1, 0.15) is 76.5 Å². The number of carboxylic acid groups (broad SMARTS) is 3. The van der Waals surface area contributed by atoms with Gasteiger partial charge >= 0.3 is 29.5 Å². The SMILES string of the molecule is Cc1ncc(C[n+]2csc(CCO)c2C)c(N)n1.Nc1nc(=O)c2nc(CNc3ccc(C(=O)N[C@@H](CCC(=O)O)C(=O)O)cc3)cnc2[nH]1.O=C(O)CCCC[C@@H]1SC[C@@H]2NC(=O)N[C@@H]21.[Cl-]. The zero-order valence-electron chi connectivity index (χ0n) is 36.4. The van der Waals surface area contributed by atoms with Crippen molar-refractivity contribution in [3.8, 4) is 0 Å². The molecule has 2 fully saturated rings. The van der Waals surface area contributed by atoms with Crippen LogP contribution in [-0.4, -0.2) is 116 Å². The molecule has 4 atom stereocenters. The summed E-state index contributed by atoms with van der Waals surface area (Å²) in [6, 6.07) is 5.30. The van der Waals surface area contributed by atoms with Crippen molar-refractivity contribution in [1.29, 1.82) is 0 Å². The lowest BCUT2D eigenvalue weighted by Gasteiger charge is -2.16. The van der Waals surface area contributed by atoms with Crippen molar-refractivity contribution < 1.29 is 61.4 Å². The molecule has 6 heterocycles. The maximum absolute atomic E-state index is 12.3. The molecule has 67 heavy (non-hydrogen) atoms. The smallest absolute Gasteiger partial charge is 0.326 e. The van der Waals surface area contributed by atoms with E-state index in [1.165, 1.54) is 23.2 Å². The first-order valence-electron chi connectivity index (χ1n) is 20.7. The van der Waals surface area contributed by atoms with Crippen LogP contribution < -0.4 is 55.3 Å². The summed E-state index contributed by atoms with van der Waals surface area (Å²) < 4.78 is 2.11.